The third kappa shape index (κ3) is 4.32. The second kappa shape index (κ2) is 8.65. The molecule has 2 fully saturated rings. The molecular weight excluding hydrogens is 400 g/mol. The fourth-order valence-electron chi connectivity index (χ4n) is 3.84. The van der Waals surface area contributed by atoms with E-state index >= 15 is 0 Å². The predicted molar refractivity (Wildman–Crippen MR) is 111 cm³/mol. The quantitative estimate of drug-likeness (QED) is 0.723. The fraction of sp³-hybridized carbons (Fsp3) is 0.429. The summed E-state index contributed by atoms with van der Waals surface area (Å²) in [4.78, 5) is 26.0. The van der Waals surface area contributed by atoms with Gasteiger partial charge in [-0.1, -0.05) is 18.2 Å². The Morgan fingerprint density at radius 2 is 2.00 bits per heavy atom. The second-order valence-corrected chi connectivity index (χ2v) is 7.80. The van der Waals surface area contributed by atoms with Gasteiger partial charge in [0.1, 0.15) is 17.2 Å². The van der Waals surface area contributed by atoms with Gasteiger partial charge in [0.15, 0.2) is 5.82 Å². The number of hydrogen-bond acceptors (Lipinski definition) is 7. The first-order valence-electron chi connectivity index (χ1n) is 10.1. The number of carbonyl (C=O) groups excluding carboxylic acids is 2. The molecule has 162 valence electrons. The smallest absolute Gasteiger partial charge is 0.410 e. The van der Waals surface area contributed by atoms with Crippen LogP contribution in [-0.4, -0.2) is 59.1 Å². The highest BCUT2D eigenvalue weighted by atomic mass is 16.6. The molecule has 4 rings (SSSR count). The number of amides is 2. The molecule has 2 aliphatic rings. The Morgan fingerprint density at radius 1 is 1.29 bits per heavy atom. The van der Waals surface area contributed by atoms with Crippen molar-refractivity contribution in [3.8, 4) is 6.07 Å². The lowest BCUT2D eigenvalue weighted by molar-refractivity contribution is -0.0408. The molecule has 0 aliphatic carbocycles. The summed E-state index contributed by atoms with van der Waals surface area (Å²) in [5.74, 6) is -0.328. The van der Waals surface area contributed by atoms with E-state index in [0.717, 1.165) is 5.69 Å². The van der Waals surface area contributed by atoms with Crippen molar-refractivity contribution in [2.24, 2.45) is 5.73 Å². The monoisotopic (exact) mass is 424 g/mol. The molecule has 1 aromatic heterocycles. The van der Waals surface area contributed by atoms with Gasteiger partial charge in [0.25, 0.3) is 5.91 Å². The predicted octanol–water partition coefficient (Wildman–Crippen LogP) is 1.97. The van der Waals surface area contributed by atoms with Crippen LogP contribution in [0.15, 0.2) is 36.5 Å². The molecule has 0 unspecified atom stereocenters. The average Bonchev–Trinajstić information content (AvgIpc) is 3.16. The second-order valence-electron chi connectivity index (χ2n) is 7.80. The van der Waals surface area contributed by atoms with Crippen LogP contribution in [0.3, 0.4) is 0 Å². The number of ether oxygens (including phenoxy) is 2. The van der Waals surface area contributed by atoms with Gasteiger partial charge in [-0.25, -0.2) is 4.79 Å². The zero-order valence-corrected chi connectivity index (χ0v) is 17.0. The standard InChI is InChI=1S/C21H24N6O4/c22-9-8-21(13-26(14-21)20(29)31-16-6-10-30-11-7-16)27-12-17(18(23)28)19(25-27)24-15-4-2-1-3-5-15/h1-5,12,16H,6-8,10-11,13-14H2,(H2,23,28)(H,24,25). The van der Waals surface area contributed by atoms with Crippen molar-refractivity contribution < 1.29 is 19.1 Å². The molecule has 3 N–H and O–H groups in total. The Labute approximate surface area is 179 Å². The lowest BCUT2D eigenvalue weighted by Crippen LogP contribution is -2.64. The number of aromatic nitrogens is 2. The van der Waals surface area contributed by atoms with E-state index in [2.05, 4.69) is 16.5 Å². The molecule has 2 amide bonds. The van der Waals surface area contributed by atoms with Crippen LogP contribution >= 0.6 is 0 Å². The normalized spacial score (nSPS) is 18.0. The van der Waals surface area contributed by atoms with Crippen LogP contribution in [0.5, 0.6) is 0 Å². The summed E-state index contributed by atoms with van der Waals surface area (Å²) >= 11 is 0. The van der Waals surface area contributed by atoms with E-state index < -0.39 is 17.5 Å². The van der Waals surface area contributed by atoms with Gasteiger partial charge in [-0.15, -0.1) is 0 Å². The van der Waals surface area contributed by atoms with Crippen LogP contribution in [0.1, 0.15) is 29.6 Å². The number of primary amides is 1. The summed E-state index contributed by atoms with van der Waals surface area (Å²) < 4.78 is 12.4. The highest BCUT2D eigenvalue weighted by Gasteiger charge is 2.49. The number of carbonyl (C=O) groups is 2. The van der Waals surface area contributed by atoms with E-state index in [1.165, 1.54) is 6.20 Å². The third-order valence-corrected chi connectivity index (χ3v) is 5.57. The van der Waals surface area contributed by atoms with Crippen molar-refractivity contribution in [2.45, 2.75) is 30.9 Å². The Morgan fingerprint density at radius 3 is 2.65 bits per heavy atom. The number of likely N-dealkylation sites (tertiary alicyclic amines) is 1. The minimum Gasteiger partial charge on any atom is -0.446 e. The largest absolute Gasteiger partial charge is 0.446 e. The van der Waals surface area contributed by atoms with Crippen molar-refractivity contribution in [2.75, 3.05) is 31.6 Å². The number of para-hydroxylation sites is 1. The molecule has 2 aromatic rings. The number of nitrogens with zero attached hydrogens (tertiary/aromatic N) is 4. The van der Waals surface area contributed by atoms with E-state index in [0.29, 0.717) is 31.9 Å². The Kier molecular flexibility index (Phi) is 5.77. The van der Waals surface area contributed by atoms with Gasteiger partial charge in [-0.05, 0) is 12.1 Å². The maximum Gasteiger partial charge on any atom is 0.410 e. The summed E-state index contributed by atoms with van der Waals surface area (Å²) in [6, 6.07) is 11.4. The van der Waals surface area contributed by atoms with Crippen LogP contribution in [0.2, 0.25) is 0 Å². The summed E-state index contributed by atoms with van der Waals surface area (Å²) in [6.45, 7) is 1.67. The molecule has 0 radical (unpaired) electrons. The molecule has 0 bridgehead atoms. The minimum atomic E-state index is -0.746. The van der Waals surface area contributed by atoms with E-state index in [9.17, 15) is 14.9 Å². The van der Waals surface area contributed by atoms with Crippen LogP contribution < -0.4 is 11.1 Å². The molecule has 2 saturated heterocycles. The Bertz CT molecular complexity index is 987. The first kappa shape index (κ1) is 20.7. The summed E-state index contributed by atoms with van der Waals surface area (Å²) in [5, 5.41) is 17.0. The molecule has 3 heterocycles. The molecule has 1 aromatic carbocycles. The third-order valence-electron chi connectivity index (χ3n) is 5.57. The Balaban J connectivity index is 1.51. The van der Waals surface area contributed by atoms with E-state index in [1.54, 1.807) is 9.58 Å². The van der Waals surface area contributed by atoms with Crippen LogP contribution in [0.25, 0.3) is 0 Å². The number of nitrogens with two attached hydrogens (primary N) is 1. The summed E-state index contributed by atoms with van der Waals surface area (Å²) in [6.07, 6.45) is 2.45. The van der Waals surface area contributed by atoms with Crippen LogP contribution in [0.4, 0.5) is 16.3 Å². The lowest BCUT2D eigenvalue weighted by Gasteiger charge is -2.48. The molecular formula is C21H24N6O4. The maximum atomic E-state index is 12.5. The van der Waals surface area contributed by atoms with Crippen molar-refractivity contribution in [3.63, 3.8) is 0 Å². The zero-order valence-electron chi connectivity index (χ0n) is 17.0. The maximum absolute atomic E-state index is 12.5. The average molecular weight is 424 g/mol. The van der Waals surface area contributed by atoms with Gasteiger partial charge in [-0.2, -0.15) is 10.4 Å². The van der Waals surface area contributed by atoms with Gasteiger partial charge in [0.05, 0.1) is 38.8 Å². The molecule has 10 heteroatoms. The van der Waals surface area contributed by atoms with E-state index in [1.807, 2.05) is 30.3 Å². The summed E-state index contributed by atoms with van der Waals surface area (Å²) in [5.41, 5.74) is 5.76. The molecule has 10 nitrogen and oxygen atoms in total. The van der Waals surface area contributed by atoms with Crippen molar-refractivity contribution in [1.29, 1.82) is 5.26 Å². The number of hydrogen-bond donors (Lipinski definition) is 2. The molecule has 0 saturated carbocycles. The fourth-order valence-corrected chi connectivity index (χ4v) is 3.84. The highest BCUT2D eigenvalue weighted by Crippen LogP contribution is 2.35. The van der Waals surface area contributed by atoms with E-state index in [4.69, 9.17) is 15.2 Å². The number of nitrogens with one attached hydrogen (secondary N) is 1. The number of rotatable bonds is 6. The van der Waals surface area contributed by atoms with Crippen molar-refractivity contribution in [3.05, 3.63) is 42.1 Å². The minimum absolute atomic E-state index is 0.124. The Hall–Kier alpha value is -3.58. The van der Waals surface area contributed by atoms with Crippen LogP contribution in [-0.2, 0) is 15.0 Å². The lowest BCUT2D eigenvalue weighted by atomic mass is 9.87. The van der Waals surface area contributed by atoms with Gasteiger partial charge < -0.3 is 25.4 Å². The van der Waals surface area contributed by atoms with Gasteiger partial charge in [0, 0.05) is 24.7 Å². The van der Waals surface area contributed by atoms with Crippen molar-refractivity contribution in [1.82, 2.24) is 14.7 Å². The first-order chi connectivity index (χ1) is 15.0. The first-order valence-corrected chi connectivity index (χ1v) is 10.1. The van der Waals surface area contributed by atoms with Crippen LogP contribution in [0, 0.1) is 11.3 Å². The number of benzene rings is 1. The topological polar surface area (TPSA) is 136 Å². The molecule has 0 atom stereocenters. The van der Waals surface area contributed by atoms with E-state index in [-0.39, 0.29) is 31.2 Å². The van der Waals surface area contributed by atoms with Crippen molar-refractivity contribution >= 4 is 23.5 Å². The molecule has 31 heavy (non-hydrogen) atoms. The molecule has 2 aliphatic heterocycles. The van der Waals surface area contributed by atoms with Gasteiger partial charge in [0.2, 0.25) is 0 Å². The number of anilines is 2. The molecule has 0 spiro atoms. The van der Waals surface area contributed by atoms with Gasteiger partial charge in [-0.3, -0.25) is 9.48 Å². The highest BCUT2D eigenvalue weighted by molar-refractivity contribution is 5.98. The van der Waals surface area contributed by atoms with Gasteiger partial charge >= 0.3 is 6.09 Å². The summed E-state index contributed by atoms with van der Waals surface area (Å²) in [7, 11) is 0. The number of nitriles is 1. The zero-order chi connectivity index (χ0) is 21.8. The SMILES string of the molecule is N#CCC1(n2cc(C(N)=O)c(Nc3ccccc3)n2)CN(C(=O)OC2CCOCC2)C1.